The molecule has 30 heavy (non-hydrogen) atoms. The van der Waals surface area contributed by atoms with Crippen molar-refractivity contribution in [2.45, 2.75) is 43.2 Å². The summed E-state index contributed by atoms with van der Waals surface area (Å²) in [5.74, 6) is 0.275. The predicted octanol–water partition coefficient (Wildman–Crippen LogP) is 2.66. The molecule has 0 amide bonds. The SMILES string of the molecule is COC[C@H]1C[C@H]2C[C@@H](Oc3ccccn3)[C@H](N(C)Cc3cccc(F)c3)[C@]2(O)CO1. The average molecular weight is 416 g/mol. The van der Waals surface area contributed by atoms with Gasteiger partial charge in [0.15, 0.2) is 0 Å². The van der Waals surface area contributed by atoms with E-state index >= 15 is 0 Å². The van der Waals surface area contributed by atoms with Crippen LogP contribution in [0.3, 0.4) is 0 Å². The number of fused-ring (bicyclic) bond motifs is 1. The molecular weight excluding hydrogens is 387 g/mol. The monoisotopic (exact) mass is 416 g/mol. The van der Waals surface area contributed by atoms with Crippen molar-refractivity contribution in [1.82, 2.24) is 9.88 Å². The summed E-state index contributed by atoms with van der Waals surface area (Å²) < 4.78 is 31.1. The molecule has 2 aromatic rings. The van der Waals surface area contributed by atoms with Crippen LogP contribution in [-0.2, 0) is 16.0 Å². The molecule has 1 saturated heterocycles. The summed E-state index contributed by atoms with van der Waals surface area (Å²) in [4.78, 5) is 6.34. The standard InChI is InChI=1S/C23H29FN2O4/c1-26(13-16-6-5-7-18(24)10-16)22-20(30-21-8-3-4-9-25-21)12-17-11-19(14-28-2)29-15-23(17,22)27/h3-10,17,19-20,22,27H,11-15H2,1-2H3/t17-,19+,20+,22-,23-/m0/s1. The van der Waals surface area contributed by atoms with Crippen molar-refractivity contribution < 1.29 is 23.7 Å². The molecular formula is C23H29FN2O4. The van der Waals surface area contributed by atoms with Gasteiger partial charge in [0.1, 0.15) is 17.5 Å². The third-order valence-electron chi connectivity index (χ3n) is 6.24. The maximum Gasteiger partial charge on any atom is 0.213 e. The molecule has 4 rings (SSSR count). The van der Waals surface area contributed by atoms with Gasteiger partial charge >= 0.3 is 0 Å². The normalized spacial score (nSPS) is 31.0. The number of benzene rings is 1. The van der Waals surface area contributed by atoms with E-state index in [1.807, 2.05) is 36.2 Å². The third kappa shape index (κ3) is 4.34. The number of likely N-dealkylation sites (N-methyl/N-ethyl adjacent to an activating group) is 1. The number of rotatable bonds is 7. The van der Waals surface area contributed by atoms with E-state index in [1.54, 1.807) is 19.4 Å². The number of hydrogen-bond acceptors (Lipinski definition) is 6. The first-order valence-electron chi connectivity index (χ1n) is 10.3. The summed E-state index contributed by atoms with van der Waals surface area (Å²) in [6, 6.07) is 11.8. The van der Waals surface area contributed by atoms with Crippen molar-refractivity contribution in [3.63, 3.8) is 0 Å². The number of nitrogens with zero attached hydrogens (tertiary/aromatic N) is 2. The van der Waals surface area contributed by atoms with Gasteiger partial charge in [0, 0.05) is 25.9 Å². The molecule has 162 valence electrons. The average Bonchev–Trinajstić information content (AvgIpc) is 3.00. The van der Waals surface area contributed by atoms with Crippen molar-refractivity contribution in [3.8, 4) is 5.88 Å². The van der Waals surface area contributed by atoms with Crippen LogP contribution in [-0.4, -0.2) is 66.2 Å². The fourth-order valence-corrected chi connectivity index (χ4v) is 4.99. The first-order chi connectivity index (χ1) is 14.5. The smallest absolute Gasteiger partial charge is 0.213 e. The number of ether oxygens (including phenoxy) is 3. The summed E-state index contributed by atoms with van der Waals surface area (Å²) >= 11 is 0. The minimum Gasteiger partial charge on any atom is -0.473 e. The van der Waals surface area contributed by atoms with Crippen LogP contribution in [0.1, 0.15) is 18.4 Å². The van der Waals surface area contributed by atoms with E-state index in [-0.39, 0.29) is 36.6 Å². The van der Waals surface area contributed by atoms with E-state index in [9.17, 15) is 9.50 Å². The molecule has 6 nitrogen and oxygen atoms in total. The Morgan fingerprint density at radius 3 is 2.87 bits per heavy atom. The molecule has 1 aromatic heterocycles. The molecule has 0 spiro atoms. The summed E-state index contributed by atoms with van der Waals surface area (Å²) in [7, 11) is 3.59. The second-order valence-electron chi connectivity index (χ2n) is 8.36. The van der Waals surface area contributed by atoms with Crippen molar-refractivity contribution >= 4 is 0 Å². The second-order valence-corrected chi connectivity index (χ2v) is 8.36. The fourth-order valence-electron chi connectivity index (χ4n) is 4.99. The van der Waals surface area contributed by atoms with Crippen LogP contribution in [0.15, 0.2) is 48.7 Å². The Morgan fingerprint density at radius 2 is 2.13 bits per heavy atom. The molecule has 5 atom stereocenters. The highest BCUT2D eigenvalue weighted by Gasteiger charge is 2.59. The number of pyridine rings is 1. The number of methoxy groups -OCH3 is 1. The molecule has 1 saturated carbocycles. The first-order valence-corrected chi connectivity index (χ1v) is 10.3. The van der Waals surface area contributed by atoms with Gasteiger partial charge in [-0.15, -0.1) is 0 Å². The van der Waals surface area contributed by atoms with E-state index in [0.29, 0.717) is 31.9 Å². The molecule has 2 heterocycles. The molecule has 0 radical (unpaired) electrons. The van der Waals surface area contributed by atoms with Gasteiger partial charge < -0.3 is 19.3 Å². The van der Waals surface area contributed by atoms with Gasteiger partial charge in [-0.3, -0.25) is 4.90 Å². The highest BCUT2D eigenvalue weighted by Crippen LogP contribution is 2.46. The molecule has 7 heteroatoms. The number of aromatic nitrogens is 1. The summed E-state index contributed by atoms with van der Waals surface area (Å²) in [5, 5.41) is 11.7. The maximum absolute atomic E-state index is 13.7. The topological polar surface area (TPSA) is 64.1 Å². The number of aliphatic hydroxyl groups is 1. The lowest BCUT2D eigenvalue weighted by atomic mass is 9.82. The van der Waals surface area contributed by atoms with E-state index in [2.05, 4.69) is 4.98 Å². The third-order valence-corrected chi connectivity index (χ3v) is 6.24. The Labute approximate surface area is 176 Å². The largest absolute Gasteiger partial charge is 0.473 e. The van der Waals surface area contributed by atoms with Crippen LogP contribution in [0, 0.1) is 11.7 Å². The minimum atomic E-state index is -1.06. The quantitative estimate of drug-likeness (QED) is 0.749. The van der Waals surface area contributed by atoms with Crippen molar-refractivity contribution in [2.24, 2.45) is 5.92 Å². The molecule has 2 aliphatic rings. The van der Waals surface area contributed by atoms with Crippen molar-refractivity contribution in [2.75, 3.05) is 27.4 Å². The summed E-state index contributed by atoms with van der Waals surface area (Å²) in [5.41, 5.74) is -0.221. The van der Waals surface area contributed by atoms with Crippen LogP contribution >= 0.6 is 0 Å². The molecule has 2 fully saturated rings. The molecule has 1 N–H and O–H groups in total. The lowest BCUT2D eigenvalue weighted by Gasteiger charge is -2.44. The van der Waals surface area contributed by atoms with E-state index < -0.39 is 5.60 Å². The Hall–Kier alpha value is -2.06. The Morgan fingerprint density at radius 1 is 1.27 bits per heavy atom. The van der Waals surface area contributed by atoms with Crippen LogP contribution in [0.4, 0.5) is 4.39 Å². The van der Waals surface area contributed by atoms with Crippen molar-refractivity contribution in [3.05, 3.63) is 60.0 Å². The zero-order chi connectivity index (χ0) is 21.1. The van der Waals surface area contributed by atoms with Gasteiger partial charge in [0.25, 0.3) is 0 Å². The van der Waals surface area contributed by atoms with E-state index in [4.69, 9.17) is 14.2 Å². The summed E-state index contributed by atoms with van der Waals surface area (Å²) in [6.07, 6.45) is 2.78. The lowest BCUT2D eigenvalue weighted by molar-refractivity contribution is -0.177. The van der Waals surface area contributed by atoms with Gasteiger partial charge in [0.05, 0.1) is 25.4 Å². The van der Waals surface area contributed by atoms with Crippen LogP contribution in [0.2, 0.25) is 0 Å². The van der Waals surface area contributed by atoms with Gasteiger partial charge in [0.2, 0.25) is 5.88 Å². The highest BCUT2D eigenvalue weighted by atomic mass is 19.1. The molecule has 1 aliphatic carbocycles. The Kier molecular flexibility index (Phi) is 6.34. The first kappa shape index (κ1) is 21.2. The predicted molar refractivity (Wildman–Crippen MR) is 110 cm³/mol. The van der Waals surface area contributed by atoms with Crippen LogP contribution < -0.4 is 4.74 Å². The molecule has 0 bridgehead atoms. The summed E-state index contributed by atoms with van der Waals surface area (Å²) in [6.45, 7) is 1.20. The van der Waals surface area contributed by atoms with Gasteiger partial charge in [-0.1, -0.05) is 18.2 Å². The molecule has 1 aliphatic heterocycles. The minimum absolute atomic E-state index is 0.0140. The molecule has 0 unspecified atom stereocenters. The van der Waals surface area contributed by atoms with Crippen LogP contribution in [0.5, 0.6) is 5.88 Å². The zero-order valence-electron chi connectivity index (χ0n) is 17.4. The van der Waals surface area contributed by atoms with E-state index in [0.717, 1.165) is 5.56 Å². The van der Waals surface area contributed by atoms with Crippen LogP contribution in [0.25, 0.3) is 0 Å². The van der Waals surface area contributed by atoms with E-state index in [1.165, 1.54) is 12.1 Å². The fraction of sp³-hybridized carbons (Fsp3) is 0.522. The highest BCUT2D eigenvalue weighted by molar-refractivity contribution is 5.19. The Bertz CT molecular complexity index is 839. The number of hydrogen-bond donors (Lipinski definition) is 1. The lowest BCUT2D eigenvalue weighted by Crippen LogP contribution is -2.60. The Balaban J connectivity index is 1.58. The zero-order valence-corrected chi connectivity index (χ0v) is 17.4. The number of halogens is 1. The van der Waals surface area contributed by atoms with Gasteiger partial charge in [-0.2, -0.15) is 0 Å². The van der Waals surface area contributed by atoms with Crippen molar-refractivity contribution in [1.29, 1.82) is 0 Å². The molecule has 1 aromatic carbocycles. The second kappa shape index (κ2) is 8.98. The maximum atomic E-state index is 13.7. The van der Waals surface area contributed by atoms with Gasteiger partial charge in [-0.25, -0.2) is 9.37 Å². The van der Waals surface area contributed by atoms with Gasteiger partial charge in [-0.05, 0) is 49.6 Å².